The smallest absolute Gasteiger partial charge is 0.274 e. The maximum Gasteiger partial charge on any atom is 0.274 e. The highest BCUT2D eigenvalue weighted by Crippen LogP contribution is 2.17. The molecular formula is C20H25N5O3. The van der Waals surface area contributed by atoms with Crippen LogP contribution in [0.15, 0.2) is 36.4 Å². The van der Waals surface area contributed by atoms with E-state index in [1.807, 2.05) is 24.3 Å². The van der Waals surface area contributed by atoms with Gasteiger partial charge in [0.2, 0.25) is 5.91 Å². The first-order chi connectivity index (χ1) is 13.6. The minimum Gasteiger partial charge on any atom is -0.496 e. The number of nitrogens with one attached hydrogen (secondary N) is 1. The Morgan fingerprint density at radius 3 is 2.39 bits per heavy atom. The molecule has 28 heavy (non-hydrogen) atoms. The van der Waals surface area contributed by atoms with Crippen LogP contribution in [0.5, 0.6) is 5.75 Å². The van der Waals surface area contributed by atoms with Crippen molar-refractivity contribution in [3.05, 3.63) is 47.7 Å². The Labute approximate surface area is 164 Å². The first kappa shape index (κ1) is 19.6. The van der Waals surface area contributed by atoms with Crippen LogP contribution in [0, 0.1) is 0 Å². The predicted molar refractivity (Wildman–Crippen MR) is 105 cm³/mol. The molecule has 0 bridgehead atoms. The first-order valence-electron chi connectivity index (χ1n) is 9.33. The number of nitrogens with zero attached hydrogens (tertiary/aromatic N) is 4. The maximum absolute atomic E-state index is 12.5. The van der Waals surface area contributed by atoms with E-state index in [0.29, 0.717) is 44.2 Å². The van der Waals surface area contributed by atoms with E-state index in [2.05, 4.69) is 15.5 Å². The van der Waals surface area contributed by atoms with Crippen molar-refractivity contribution in [2.24, 2.45) is 0 Å². The highest BCUT2D eigenvalue weighted by molar-refractivity contribution is 5.92. The Hall–Kier alpha value is -3.16. The third-order valence-electron chi connectivity index (χ3n) is 4.79. The molecule has 0 unspecified atom stereocenters. The van der Waals surface area contributed by atoms with E-state index in [9.17, 15) is 9.59 Å². The van der Waals surface area contributed by atoms with Crippen LogP contribution >= 0.6 is 0 Å². The van der Waals surface area contributed by atoms with E-state index in [1.165, 1.54) is 0 Å². The molecule has 1 aliphatic rings. The molecule has 0 spiro atoms. The normalized spacial score (nSPS) is 13.9. The molecule has 1 fully saturated rings. The predicted octanol–water partition coefficient (Wildman–Crippen LogP) is 1.44. The molecule has 2 amide bonds. The summed E-state index contributed by atoms with van der Waals surface area (Å²) in [6.45, 7) is 4.35. The van der Waals surface area contributed by atoms with Crippen molar-refractivity contribution in [2.75, 3.05) is 45.2 Å². The topological polar surface area (TPSA) is 87.7 Å². The van der Waals surface area contributed by atoms with Crippen LogP contribution in [0.1, 0.15) is 23.0 Å². The summed E-state index contributed by atoms with van der Waals surface area (Å²) in [6.07, 6.45) is 0.785. The average molecular weight is 383 g/mol. The van der Waals surface area contributed by atoms with Crippen LogP contribution < -0.4 is 10.1 Å². The zero-order valence-electron chi connectivity index (χ0n) is 16.2. The number of hydrogen-bond donors (Lipinski definition) is 1. The fourth-order valence-electron chi connectivity index (χ4n) is 3.16. The van der Waals surface area contributed by atoms with Gasteiger partial charge in [-0.2, -0.15) is 0 Å². The fourth-order valence-corrected chi connectivity index (χ4v) is 3.16. The molecule has 1 N–H and O–H groups in total. The van der Waals surface area contributed by atoms with Crippen molar-refractivity contribution in [3.8, 4) is 5.75 Å². The van der Waals surface area contributed by atoms with Crippen LogP contribution in [-0.4, -0.2) is 71.6 Å². The molecule has 2 heterocycles. The molecule has 1 aromatic heterocycles. The largest absolute Gasteiger partial charge is 0.496 e. The third-order valence-corrected chi connectivity index (χ3v) is 4.79. The molecular weight excluding hydrogens is 358 g/mol. The van der Waals surface area contributed by atoms with Crippen LogP contribution in [0.4, 0.5) is 5.82 Å². The number of ether oxygens (including phenoxy) is 1. The number of hydrogen-bond acceptors (Lipinski definition) is 6. The third kappa shape index (κ3) is 4.76. The van der Waals surface area contributed by atoms with E-state index in [4.69, 9.17) is 4.74 Å². The standard InChI is InChI=1S/C20H25N5O3/c1-15(26)24-11-13-25(14-12-24)20(27)17-7-8-19(23-22-17)21-10-9-16-5-3-4-6-18(16)28-2/h3-8H,9-14H2,1-2H3,(H,21,23). The van der Waals surface area contributed by atoms with Crippen molar-refractivity contribution >= 4 is 17.6 Å². The lowest BCUT2D eigenvalue weighted by Crippen LogP contribution is -2.50. The Balaban J connectivity index is 1.51. The van der Waals surface area contributed by atoms with Crippen molar-refractivity contribution in [3.63, 3.8) is 0 Å². The Kier molecular flexibility index (Phi) is 6.41. The molecule has 0 radical (unpaired) electrons. The molecule has 0 atom stereocenters. The van der Waals surface area contributed by atoms with Gasteiger partial charge >= 0.3 is 0 Å². The SMILES string of the molecule is COc1ccccc1CCNc1ccc(C(=O)N2CCN(C(C)=O)CC2)nn1. The molecule has 2 aromatic rings. The van der Waals surface area contributed by atoms with Gasteiger partial charge in [0.25, 0.3) is 5.91 Å². The molecule has 148 valence electrons. The number of carbonyl (C=O) groups excluding carboxylic acids is 2. The zero-order chi connectivity index (χ0) is 19.9. The van der Waals surface area contributed by atoms with Gasteiger partial charge in [0, 0.05) is 39.6 Å². The number of methoxy groups -OCH3 is 1. The number of piperazine rings is 1. The Bertz CT molecular complexity index is 817. The summed E-state index contributed by atoms with van der Waals surface area (Å²) in [5.74, 6) is 1.36. The lowest BCUT2D eigenvalue weighted by Gasteiger charge is -2.33. The second-order valence-corrected chi connectivity index (χ2v) is 6.59. The van der Waals surface area contributed by atoms with Gasteiger partial charge in [-0.15, -0.1) is 10.2 Å². The number of amides is 2. The van der Waals surface area contributed by atoms with Crippen molar-refractivity contribution in [1.29, 1.82) is 0 Å². The van der Waals surface area contributed by atoms with Crippen LogP contribution in [0.3, 0.4) is 0 Å². The van der Waals surface area contributed by atoms with Crippen LogP contribution in [0.2, 0.25) is 0 Å². The minimum absolute atomic E-state index is 0.0374. The Morgan fingerprint density at radius 1 is 1.04 bits per heavy atom. The molecule has 1 saturated heterocycles. The van der Waals surface area contributed by atoms with E-state index < -0.39 is 0 Å². The molecule has 0 aliphatic carbocycles. The van der Waals surface area contributed by atoms with Gasteiger partial charge in [0.1, 0.15) is 11.6 Å². The average Bonchev–Trinajstić information content (AvgIpc) is 2.74. The minimum atomic E-state index is -0.156. The van der Waals surface area contributed by atoms with Crippen molar-refractivity contribution in [2.45, 2.75) is 13.3 Å². The van der Waals surface area contributed by atoms with E-state index in [0.717, 1.165) is 17.7 Å². The summed E-state index contributed by atoms with van der Waals surface area (Å²) in [5, 5.41) is 11.4. The zero-order valence-corrected chi connectivity index (χ0v) is 16.2. The number of carbonyl (C=O) groups is 2. The van der Waals surface area contributed by atoms with Gasteiger partial charge in [0.15, 0.2) is 5.69 Å². The summed E-state index contributed by atoms with van der Waals surface area (Å²) in [6, 6.07) is 11.3. The van der Waals surface area contributed by atoms with Crippen molar-refractivity contribution in [1.82, 2.24) is 20.0 Å². The van der Waals surface area contributed by atoms with Crippen LogP contribution in [-0.2, 0) is 11.2 Å². The lowest BCUT2D eigenvalue weighted by atomic mass is 10.1. The fraction of sp³-hybridized carbons (Fsp3) is 0.400. The van der Waals surface area contributed by atoms with E-state index in [-0.39, 0.29) is 11.8 Å². The van der Waals surface area contributed by atoms with E-state index in [1.54, 1.807) is 36.0 Å². The highest BCUT2D eigenvalue weighted by atomic mass is 16.5. The van der Waals surface area contributed by atoms with Crippen LogP contribution in [0.25, 0.3) is 0 Å². The number of rotatable bonds is 6. The molecule has 1 aliphatic heterocycles. The molecule has 8 heteroatoms. The number of para-hydroxylation sites is 1. The van der Waals surface area contributed by atoms with Gasteiger partial charge < -0.3 is 19.9 Å². The second-order valence-electron chi connectivity index (χ2n) is 6.59. The van der Waals surface area contributed by atoms with Crippen molar-refractivity contribution < 1.29 is 14.3 Å². The Morgan fingerprint density at radius 2 is 1.75 bits per heavy atom. The summed E-state index contributed by atoms with van der Waals surface area (Å²) in [7, 11) is 1.66. The summed E-state index contributed by atoms with van der Waals surface area (Å²) in [5.41, 5.74) is 1.42. The monoisotopic (exact) mass is 383 g/mol. The second kappa shape index (κ2) is 9.16. The van der Waals surface area contributed by atoms with E-state index >= 15 is 0 Å². The number of anilines is 1. The maximum atomic E-state index is 12.5. The van der Waals surface area contributed by atoms with Gasteiger partial charge in [-0.1, -0.05) is 18.2 Å². The lowest BCUT2D eigenvalue weighted by molar-refractivity contribution is -0.130. The van der Waals surface area contributed by atoms with Gasteiger partial charge in [-0.3, -0.25) is 9.59 Å². The highest BCUT2D eigenvalue weighted by Gasteiger charge is 2.24. The summed E-state index contributed by atoms with van der Waals surface area (Å²) in [4.78, 5) is 27.4. The summed E-state index contributed by atoms with van der Waals surface area (Å²) >= 11 is 0. The summed E-state index contributed by atoms with van der Waals surface area (Å²) < 4.78 is 5.35. The molecule has 3 rings (SSSR count). The van der Waals surface area contributed by atoms with Gasteiger partial charge in [0.05, 0.1) is 7.11 Å². The van der Waals surface area contributed by atoms with Gasteiger partial charge in [-0.05, 0) is 30.2 Å². The first-order valence-corrected chi connectivity index (χ1v) is 9.33. The van der Waals surface area contributed by atoms with Gasteiger partial charge in [-0.25, -0.2) is 0 Å². The molecule has 1 aromatic carbocycles. The number of aromatic nitrogens is 2. The molecule has 8 nitrogen and oxygen atoms in total. The number of benzene rings is 1. The quantitative estimate of drug-likeness (QED) is 0.812. The molecule has 0 saturated carbocycles.